The van der Waals surface area contributed by atoms with E-state index in [-0.39, 0.29) is 0 Å². The van der Waals surface area contributed by atoms with Gasteiger partial charge in [-0.3, -0.25) is 0 Å². The van der Waals surface area contributed by atoms with Crippen LogP contribution in [0.1, 0.15) is 47.9 Å². The van der Waals surface area contributed by atoms with Gasteiger partial charge >= 0.3 is 0 Å². The topological polar surface area (TPSA) is 25.2 Å². The van der Waals surface area contributed by atoms with Crippen molar-refractivity contribution in [2.24, 2.45) is 0 Å². The minimum atomic E-state index is 0.351. The monoisotopic (exact) mass is 247 g/mol. The van der Waals surface area contributed by atoms with E-state index in [1.165, 1.54) is 30.4 Å². The quantitative estimate of drug-likeness (QED) is 0.884. The maximum absolute atomic E-state index is 5.14. The first-order valence-corrected chi connectivity index (χ1v) is 7.07. The summed E-state index contributed by atoms with van der Waals surface area (Å²) in [4.78, 5) is 1.56. The van der Waals surface area contributed by atoms with E-state index in [0.29, 0.717) is 12.1 Å². The van der Waals surface area contributed by atoms with Crippen LogP contribution >= 0.6 is 11.3 Å². The van der Waals surface area contributed by atoms with Gasteiger partial charge < -0.3 is 9.73 Å². The lowest BCUT2D eigenvalue weighted by atomic mass is 9.93. The molecule has 3 rings (SSSR count). The van der Waals surface area contributed by atoms with Gasteiger partial charge in [0, 0.05) is 22.5 Å². The Balaban J connectivity index is 1.75. The smallest absolute Gasteiger partial charge is 0.0950 e. The number of nitrogens with one attached hydrogen (secondary N) is 1. The molecule has 0 spiro atoms. The van der Waals surface area contributed by atoms with Crippen molar-refractivity contribution in [2.45, 2.75) is 38.3 Å². The SMILES string of the molecule is CC(NC1CCCc2sccc21)c1ccoc1. The lowest BCUT2D eigenvalue weighted by Crippen LogP contribution is -2.26. The minimum Gasteiger partial charge on any atom is -0.472 e. The van der Waals surface area contributed by atoms with Gasteiger partial charge in [0.1, 0.15) is 0 Å². The Labute approximate surface area is 106 Å². The molecular weight excluding hydrogens is 230 g/mol. The molecule has 17 heavy (non-hydrogen) atoms. The van der Waals surface area contributed by atoms with Crippen LogP contribution in [-0.4, -0.2) is 0 Å². The van der Waals surface area contributed by atoms with E-state index in [1.54, 1.807) is 11.1 Å². The van der Waals surface area contributed by atoms with Crippen molar-refractivity contribution < 1.29 is 4.42 Å². The summed E-state index contributed by atoms with van der Waals surface area (Å²) >= 11 is 1.90. The van der Waals surface area contributed by atoms with Crippen molar-refractivity contribution >= 4 is 11.3 Å². The van der Waals surface area contributed by atoms with Gasteiger partial charge in [-0.05, 0) is 49.3 Å². The molecule has 2 atom stereocenters. The molecule has 2 unspecified atom stereocenters. The zero-order chi connectivity index (χ0) is 11.7. The molecule has 3 heteroatoms. The molecule has 0 fully saturated rings. The van der Waals surface area contributed by atoms with E-state index in [0.717, 1.165) is 0 Å². The van der Waals surface area contributed by atoms with Gasteiger partial charge in [-0.1, -0.05) is 0 Å². The fraction of sp³-hybridized carbons (Fsp3) is 0.429. The van der Waals surface area contributed by atoms with Gasteiger partial charge in [0.15, 0.2) is 0 Å². The van der Waals surface area contributed by atoms with Crippen LogP contribution in [0.3, 0.4) is 0 Å². The Morgan fingerprint density at radius 3 is 3.24 bits per heavy atom. The van der Waals surface area contributed by atoms with Gasteiger partial charge in [-0.25, -0.2) is 0 Å². The van der Waals surface area contributed by atoms with Crippen molar-refractivity contribution in [1.29, 1.82) is 0 Å². The second kappa shape index (κ2) is 4.67. The summed E-state index contributed by atoms with van der Waals surface area (Å²) < 4.78 is 5.14. The van der Waals surface area contributed by atoms with Gasteiger partial charge in [0.25, 0.3) is 0 Å². The predicted octanol–water partition coefficient (Wildman–Crippen LogP) is 4.07. The molecule has 2 nitrogen and oxygen atoms in total. The maximum Gasteiger partial charge on any atom is 0.0950 e. The molecule has 0 saturated heterocycles. The number of thiophene rings is 1. The fourth-order valence-electron chi connectivity index (χ4n) is 2.58. The molecule has 2 aromatic heterocycles. The third-order valence-electron chi connectivity index (χ3n) is 3.55. The van der Waals surface area contributed by atoms with E-state index in [2.05, 4.69) is 23.7 Å². The number of furan rings is 1. The lowest BCUT2D eigenvalue weighted by Gasteiger charge is -2.26. The Morgan fingerprint density at radius 1 is 1.47 bits per heavy atom. The lowest BCUT2D eigenvalue weighted by molar-refractivity contribution is 0.416. The van der Waals surface area contributed by atoms with Crippen molar-refractivity contribution in [3.05, 3.63) is 46.0 Å². The highest BCUT2D eigenvalue weighted by atomic mass is 32.1. The summed E-state index contributed by atoms with van der Waals surface area (Å²) in [5.74, 6) is 0. The summed E-state index contributed by atoms with van der Waals surface area (Å²) in [6.07, 6.45) is 7.36. The zero-order valence-corrected chi connectivity index (χ0v) is 10.8. The summed E-state index contributed by atoms with van der Waals surface area (Å²) in [5, 5.41) is 5.93. The molecule has 0 aromatic carbocycles. The Morgan fingerprint density at radius 2 is 2.41 bits per heavy atom. The van der Waals surface area contributed by atoms with Gasteiger partial charge in [0.2, 0.25) is 0 Å². The van der Waals surface area contributed by atoms with Crippen LogP contribution in [0.4, 0.5) is 0 Å². The van der Waals surface area contributed by atoms with Gasteiger partial charge in [-0.2, -0.15) is 0 Å². The average molecular weight is 247 g/mol. The first-order valence-electron chi connectivity index (χ1n) is 6.19. The number of fused-ring (bicyclic) bond motifs is 1. The van der Waals surface area contributed by atoms with E-state index in [4.69, 9.17) is 4.42 Å². The fourth-order valence-corrected chi connectivity index (χ4v) is 3.57. The first-order chi connectivity index (χ1) is 8.34. The van der Waals surface area contributed by atoms with Crippen LogP contribution in [-0.2, 0) is 6.42 Å². The van der Waals surface area contributed by atoms with Crippen molar-refractivity contribution in [2.75, 3.05) is 0 Å². The second-order valence-corrected chi connectivity index (χ2v) is 5.69. The van der Waals surface area contributed by atoms with Crippen LogP contribution < -0.4 is 5.32 Å². The van der Waals surface area contributed by atoms with Crippen LogP contribution in [0.5, 0.6) is 0 Å². The molecule has 2 heterocycles. The molecule has 0 bridgehead atoms. The summed E-state index contributed by atoms with van der Waals surface area (Å²) in [7, 11) is 0. The highest BCUT2D eigenvalue weighted by Crippen LogP contribution is 2.34. The van der Waals surface area contributed by atoms with Crippen molar-refractivity contribution in [3.8, 4) is 0 Å². The average Bonchev–Trinajstić information content (AvgIpc) is 3.00. The molecule has 1 aliphatic carbocycles. The highest BCUT2D eigenvalue weighted by Gasteiger charge is 2.22. The normalized spacial score (nSPS) is 21.1. The molecule has 0 saturated carbocycles. The second-order valence-electron chi connectivity index (χ2n) is 4.69. The molecule has 1 aliphatic rings. The van der Waals surface area contributed by atoms with E-state index in [1.807, 2.05) is 23.7 Å². The molecule has 90 valence electrons. The van der Waals surface area contributed by atoms with Crippen molar-refractivity contribution in [3.63, 3.8) is 0 Å². The largest absolute Gasteiger partial charge is 0.472 e. The van der Waals surface area contributed by atoms with Crippen LogP contribution in [0.25, 0.3) is 0 Å². The summed E-state index contributed by atoms with van der Waals surface area (Å²) in [6.45, 7) is 2.20. The predicted molar refractivity (Wildman–Crippen MR) is 70.3 cm³/mol. The molecule has 0 radical (unpaired) electrons. The summed E-state index contributed by atoms with van der Waals surface area (Å²) in [5.41, 5.74) is 2.74. The Hall–Kier alpha value is -1.06. The number of rotatable bonds is 3. The Bertz CT molecular complexity index is 474. The van der Waals surface area contributed by atoms with Gasteiger partial charge in [-0.15, -0.1) is 11.3 Å². The minimum absolute atomic E-state index is 0.351. The highest BCUT2D eigenvalue weighted by molar-refractivity contribution is 7.10. The van der Waals surface area contributed by atoms with Crippen LogP contribution in [0.2, 0.25) is 0 Å². The van der Waals surface area contributed by atoms with Crippen LogP contribution in [0.15, 0.2) is 34.5 Å². The zero-order valence-electron chi connectivity index (χ0n) is 9.98. The molecule has 0 amide bonds. The molecular formula is C14H17NOS. The van der Waals surface area contributed by atoms with Crippen LogP contribution in [0, 0.1) is 0 Å². The van der Waals surface area contributed by atoms with E-state index < -0.39 is 0 Å². The molecule has 2 aromatic rings. The third-order valence-corrected chi connectivity index (χ3v) is 4.54. The van der Waals surface area contributed by atoms with E-state index in [9.17, 15) is 0 Å². The maximum atomic E-state index is 5.14. The van der Waals surface area contributed by atoms with Gasteiger partial charge in [0.05, 0.1) is 12.5 Å². The number of aryl methyl sites for hydroxylation is 1. The third kappa shape index (κ3) is 2.17. The molecule has 1 N–H and O–H groups in total. The number of hydrogen-bond acceptors (Lipinski definition) is 3. The summed E-state index contributed by atoms with van der Waals surface area (Å²) in [6, 6.07) is 5.17. The Kier molecular flexibility index (Phi) is 3.04. The number of hydrogen-bond donors (Lipinski definition) is 1. The van der Waals surface area contributed by atoms with Crippen molar-refractivity contribution in [1.82, 2.24) is 5.32 Å². The molecule has 0 aliphatic heterocycles. The van der Waals surface area contributed by atoms with E-state index >= 15 is 0 Å². The first kappa shape index (κ1) is 11.1. The standard InChI is InChI=1S/C14H17NOS/c1-10(11-5-7-16-9-11)15-13-3-2-4-14-12(13)6-8-17-14/h5-10,13,15H,2-4H2,1H3.